The van der Waals surface area contributed by atoms with E-state index in [-0.39, 0.29) is 23.6 Å². The fraction of sp³-hybridized carbons (Fsp3) is 0.0526. The van der Waals surface area contributed by atoms with Crippen molar-refractivity contribution in [1.82, 2.24) is 4.98 Å². The molecule has 124 valence electrons. The number of hydrogen-bond donors (Lipinski definition) is 3. The number of fused-ring (bicyclic) bond motifs is 3. The average Bonchev–Trinajstić information content (AvgIpc) is 3.12. The second-order valence-electron chi connectivity index (χ2n) is 5.70. The van der Waals surface area contributed by atoms with Crippen LogP contribution in [0.25, 0.3) is 32.1 Å². The highest BCUT2D eigenvalue weighted by molar-refractivity contribution is 7.17. The number of pyridine rings is 1. The van der Waals surface area contributed by atoms with Crippen molar-refractivity contribution in [2.75, 3.05) is 6.54 Å². The van der Waals surface area contributed by atoms with Crippen LogP contribution < -0.4 is 11.3 Å². The number of aromatic nitrogens is 1. The summed E-state index contributed by atoms with van der Waals surface area (Å²) in [5.41, 5.74) is 7.83. The molecule has 2 aromatic heterocycles. The van der Waals surface area contributed by atoms with E-state index in [1.807, 2.05) is 11.4 Å². The van der Waals surface area contributed by atoms with Crippen LogP contribution in [0.1, 0.15) is 10.4 Å². The van der Waals surface area contributed by atoms with Crippen LogP contribution in [-0.2, 0) is 0 Å². The predicted molar refractivity (Wildman–Crippen MR) is 100 cm³/mol. The molecule has 0 saturated carbocycles. The molecule has 6 heteroatoms. The first kappa shape index (κ1) is 15.6. The van der Waals surface area contributed by atoms with E-state index in [0.717, 1.165) is 16.3 Å². The van der Waals surface area contributed by atoms with Crippen molar-refractivity contribution < 1.29 is 9.90 Å². The zero-order valence-electron chi connectivity index (χ0n) is 13.1. The summed E-state index contributed by atoms with van der Waals surface area (Å²) in [7, 11) is 0. The van der Waals surface area contributed by atoms with Crippen LogP contribution in [0.2, 0.25) is 0 Å². The Morgan fingerprint density at radius 1 is 1.12 bits per heavy atom. The number of rotatable bonds is 3. The van der Waals surface area contributed by atoms with E-state index in [4.69, 9.17) is 5.73 Å². The zero-order chi connectivity index (χ0) is 17.6. The van der Waals surface area contributed by atoms with Crippen molar-refractivity contribution in [1.29, 1.82) is 0 Å². The van der Waals surface area contributed by atoms with Gasteiger partial charge < -0.3 is 15.8 Å². The number of phenols is 1. The van der Waals surface area contributed by atoms with Gasteiger partial charge in [0.15, 0.2) is 5.78 Å². The van der Waals surface area contributed by atoms with Gasteiger partial charge in [-0.25, -0.2) is 0 Å². The molecule has 0 fully saturated rings. The monoisotopic (exact) mass is 350 g/mol. The molecule has 5 nitrogen and oxygen atoms in total. The summed E-state index contributed by atoms with van der Waals surface area (Å²) in [6.07, 6.45) is 0. The summed E-state index contributed by atoms with van der Waals surface area (Å²) in [6, 6.07) is 12.1. The van der Waals surface area contributed by atoms with Crippen molar-refractivity contribution in [3.63, 3.8) is 0 Å². The molecule has 25 heavy (non-hydrogen) atoms. The van der Waals surface area contributed by atoms with Crippen molar-refractivity contribution in [3.8, 4) is 16.9 Å². The standard InChI is InChI=1S/C19H14N2O3S/c20-9-15(23)10-1-3-11(4-2-10)16-14(22)6-5-13-17(16)12-7-8-25-18(12)19(24)21-13/h1-8,22H,9,20H2,(H,21,24). The third kappa shape index (κ3) is 2.43. The number of nitrogens with two attached hydrogens (primary N) is 1. The summed E-state index contributed by atoms with van der Waals surface area (Å²) in [5.74, 6) is -0.0248. The number of phenolic OH excluding ortho intramolecular Hbond substituents is 1. The fourth-order valence-electron chi connectivity index (χ4n) is 3.07. The highest BCUT2D eigenvalue weighted by atomic mass is 32.1. The van der Waals surface area contributed by atoms with E-state index in [1.54, 1.807) is 36.4 Å². The number of nitrogens with one attached hydrogen (secondary N) is 1. The van der Waals surface area contributed by atoms with Gasteiger partial charge in [-0.2, -0.15) is 0 Å². The Bertz CT molecular complexity index is 1170. The van der Waals surface area contributed by atoms with Gasteiger partial charge in [0.2, 0.25) is 0 Å². The lowest BCUT2D eigenvalue weighted by molar-refractivity contribution is 0.100. The highest BCUT2D eigenvalue weighted by Gasteiger charge is 2.15. The van der Waals surface area contributed by atoms with E-state index < -0.39 is 0 Å². The molecule has 0 bridgehead atoms. The lowest BCUT2D eigenvalue weighted by Crippen LogP contribution is -2.13. The molecular formula is C19H14N2O3S. The van der Waals surface area contributed by atoms with Gasteiger partial charge >= 0.3 is 0 Å². The van der Waals surface area contributed by atoms with Gasteiger partial charge in [-0.3, -0.25) is 9.59 Å². The largest absolute Gasteiger partial charge is 0.507 e. The topological polar surface area (TPSA) is 96.2 Å². The van der Waals surface area contributed by atoms with Crippen molar-refractivity contribution in [2.45, 2.75) is 0 Å². The smallest absolute Gasteiger partial charge is 0.266 e. The van der Waals surface area contributed by atoms with Gasteiger partial charge in [0.25, 0.3) is 5.56 Å². The van der Waals surface area contributed by atoms with Gasteiger partial charge in [-0.1, -0.05) is 24.3 Å². The number of H-pyrrole nitrogens is 1. The number of carbonyl (C=O) groups is 1. The second kappa shape index (κ2) is 5.84. The van der Waals surface area contributed by atoms with E-state index in [2.05, 4.69) is 4.98 Å². The Hall–Kier alpha value is -2.96. The molecule has 2 heterocycles. The molecule has 0 saturated heterocycles. The molecule has 0 amide bonds. The highest BCUT2D eigenvalue weighted by Crippen LogP contribution is 2.39. The summed E-state index contributed by atoms with van der Waals surface area (Å²) in [5, 5.41) is 13.9. The van der Waals surface area contributed by atoms with Gasteiger partial charge in [0.05, 0.1) is 6.54 Å². The summed E-state index contributed by atoms with van der Waals surface area (Å²) in [4.78, 5) is 26.8. The molecule has 0 aliphatic rings. The molecule has 2 aromatic carbocycles. The number of hydrogen-bond acceptors (Lipinski definition) is 5. The number of ketones is 1. The number of aromatic amines is 1. The summed E-state index contributed by atoms with van der Waals surface area (Å²) < 4.78 is 0.620. The molecule has 0 unspecified atom stereocenters. The van der Waals surface area contributed by atoms with Crippen LogP contribution in [0.15, 0.2) is 52.6 Å². The molecule has 4 aromatic rings. The first-order chi connectivity index (χ1) is 12.1. The minimum Gasteiger partial charge on any atom is -0.507 e. The molecule has 0 aliphatic heterocycles. The summed E-state index contributed by atoms with van der Waals surface area (Å²) >= 11 is 1.36. The second-order valence-corrected chi connectivity index (χ2v) is 6.62. The lowest BCUT2D eigenvalue weighted by Gasteiger charge is -2.11. The van der Waals surface area contributed by atoms with Crippen LogP contribution in [0, 0.1) is 0 Å². The third-order valence-corrected chi connectivity index (χ3v) is 5.17. The SMILES string of the molecule is NCC(=O)c1ccc(-c2c(O)ccc3[nH]c(=O)c4sccc4c23)cc1. The molecule has 0 atom stereocenters. The van der Waals surface area contributed by atoms with E-state index in [1.165, 1.54) is 11.3 Å². The Balaban J connectivity index is 2.04. The van der Waals surface area contributed by atoms with Gasteiger partial charge in [0, 0.05) is 27.4 Å². The maximum absolute atomic E-state index is 12.2. The van der Waals surface area contributed by atoms with Crippen LogP contribution in [0.4, 0.5) is 0 Å². The maximum Gasteiger partial charge on any atom is 0.266 e. The van der Waals surface area contributed by atoms with E-state index in [0.29, 0.717) is 21.3 Å². The first-order valence-corrected chi connectivity index (χ1v) is 8.57. The van der Waals surface area contributed by atoms with Crippen molar-refractivity contribution in [2.24, 2.45) is 5.73 Å². The number of carbonyl (C=O) groups excluding carboxylic acids is 1. The Labute approximate surface area is 146 Å². The molecular weight excluding hydrogens is 336 g/mol. The molecule has 0 aliphatic carbocycles. The first-order valence-electron chi connectivity index (χ1n) is 7.69. The molecule has 4 rings (SSSR count). The maximum atomic E-state index is 12.2. The van der Waals surface area contributed by atoms with Gasteiger partial charge in [0.1, 0.15) is 10.4 Å². The van der Waals surface area contributed by atoms with Crippen LogP contribution in [-0.4, -0.2) is 22.4 Å². The van der Waals surface area contributed by atoms with Crippen LogP contribution in [0.5, 0.6) is 5.75 Å². The number of thiophene rings is 1. The van der Waals surface area contributed by atoms with Gasteiger partial charge in [-0.15, -0.1) is 11.3 Å². The minimum atomic E-state index is -0.141. The minimum absolute atomic E-state index is 0.0460. The lowest BCUT2D eigenvalue weighted by atomic mass is 9.96. The van der Waals surface area contributed by atoms with E-state index in [9.17, 15) is 14.7 Å². The number of benzene rings is 2. The molecule has 0 radical (unpaired) electrons. The quantitative estimate of drug-likeness (QED) is 0.494. The molecule has 4 N–H and O–H groups in total. The fourth-order valence-corrected chi connectivity index (χ4v) is 3.86. The Morgan fingerprint density at radius 3 is 2.60 bits per heavy atom. The summed E-state index contributed by atoms with van der Waals surface area (Å²) in [6.45, 7) is -0.0460. The Kier molecular flexibility index (Phi) is 3.63. The van der Waals surface area contributed by atoms with E-state index >= 15 is 0 Å². The van der Waals surface area contributed by atoms with Crippen LogP contribution >= 0.6 is 11.3 Å². The number of Topliss-reactive ketones (excluding diaryl/α,β-unsaturated/α-hetero) is 1. The van der Waals surface area contributed by atoms with Crippen LogP contribution in [0.3, 0.4) is 0 Å². The van der Waals surface area contributed by atoms with Crippen molar-refractivity contribution in [3.05, 3.63) is 63.8 Å². The normalized spacial score (nSPS) is 11.2. The average molecular weight is 350 g/mol. The predicted octanol–water partition coefficient (Wildman–Crippen LogP) is 3.26. The number of aromatic hydroxyl groups is 1. The van der Waals surface area contributed by atoms with Gasteiger partial charge in [-0.05, 0) is 29.1 Å². The third-order valence-electron chi connectivity index (χ3n) is 4.25. The zero-order valence-corrected chi connectivity index (χ0v) is 13.9. The van der Waals surface area contributed by atoms with Crippen molar-refractivity contribution >= 4 is 38.1 Å². The molecule has 0 spiro atoms. The Morgan fingerprint density at radius 2 is 1.88 bits per heavy atom.